The smallest absolute Gasteiger partial charge is 0.283 e. The largest absolute Gasteiger partial charge is 0.455 e. The second-order valence-corrected chi connectivity index (χ2v) is 5.01. The first-order valence-electron chi connectivity index (χ1n) is 6.48. The average Bonchev–Trinajstić information content (AvgIpc) is 2.95. The lowest BCUT2D eigenvalue weighted by atomic mass is 9.90. The summed E-state index contributed by atoms with van der Waals surface area (Å²) in [5.74, 6) is 0.239. The van der Waals surface area contributed by atoms with Crippen LogP contribution in [0.15, 0.2) is 59.6 Å². The van der Waals surface area contributed by atoms with Crippen molar-refractivity contribution < 1.29 is 4.74 Å². The van der Waals surface area contributed by atoms with Gasteiger partial charge in [0.05, 0.1) is 0 Å². The molecule has 0 amide bonds. The SMILES string of the molecule is Cl.NC1=NC2C(O1)c1ccccc1C2c1ccccc1. The Labute approximate surface area is 123 Å². The third-order valence-electron chi connectivity index (χ3n) is 3.97. The van der Waals surface area contributed by atoms with E-state index in [-0.39, 0.29) is 30.5 Å². The predicted molar refractivity (Wildman–Crippen MR) is 81.2 cm³/mol. The van der Waals surface area contributed by atoms with Gasteiger partial charge in [-0.15, -0.1) is 12.4 Å². The molecule has 0 aromatic heterocycles. The van der Waals surface area contributed by atoms with Gasteiger partial charge in [0, 0.05) is 5.92 Å². The van der Waals surface area contributed by atoms with Gasteiger partial charge in [-0.3, -0.25) is 0 Å². The number of hydrogen-bond acceptors (Lipinski definition) is 3. The van der Waals surface area contributed by atoms with Gasteiger partial charge in [0.15, 0.2) is 6.10 Å². The first-order chi connectivity index (χ1) is 9.34. The lowest BCUT2D eigenvalue weighted by Gasteiger charge is -2.16. The van der Waals surface area contributed by atoms with Crippen molar-refractivity contribution >= 4 is 18.4 Å². The Morgan fingerprint density at radius 2 is 1.55 bits per heavy atom. The highest BCUT2D eigenvalue weighted by Crippen LogP contribution is 2.49. The quantitative estimate of drug-likeness (QED) is 0.876. The van der Waals surface area contributed by atoms with Gasteiger partial charge in [-0.2, -0.15) is 0 Å². The average molecular weight is 287 g/mol. The van der Waals surface area contributed by atoms with Gasteiger partial charge in [-0.05, 0) is 16.7 Å². The van der Waals surface area contributed by atoms with E-state index in [1.807, 2.05) is 12.1 Å². The molecule has 2 N–H and O–H groups in total. The Balaban J connectivity index is 0.00000121. The molecule has 0 saturated carbocycles. The number of halogens is 1. The molecule has 1 aliphatic heterocycles. The van der Waals surface area contributed by atoms with E-state index < -0.39 is 0 Å². The van der Waals surface area contributed by atoms with E-state index >= 15 is 0 Å². The van der Waals surface area contributed by atoms with Crippen LogP contribution in [0.3, 0.4) is 0 Å². The van der Waals surface area contributed by atoms with Crippen LogP contribution >= 0.6 is 12.4 Å². The Kier molecular flexibility index (Phi) is 3.14. The van der Waals surface area contributed by atoms with Crippen molar-refractivity contribution in [2.45, 2.75) is 18.1 Å². The molecule has 1 aliphatic carbocycles. The number of nitrogens with two attached hydrogens (primary N) is 1. The fraction of sp³-hybridized carbons (Fsp3) is 0.188. The fourth-order valence-electron chi connectivity index (χ4n) is 3.22. The number of rotatable bonds is 1. The highest BCUT2D eigenvalue weighted by Gasteiger charge is 2.46. The summed E-state index contributed by atoms with van der Waals surface area (Å²) >= 11 is 0. The molecule has 3 atom stereocenters. The summed E-state index contributed by atoms with van der Waals surface area (Å²) in [6.45, 7) is 0. The van der Waals surface area contributed by atoms with Crippen LogP contribution < -0.4 is 5.73 Å². The monoisotopic (exact) mass is 286 g/mol. The van der Waals surface area contributed by atoms with Crippen molar-refractivity contribution in [2.75, 3.05) is 0 Å². The number of benzene rings is 2. The molecule has 0 bridgehead atoms. The molecule has 3 unspecified atom stereocenters. The van der Waals surface area contributed by atoms with E-state index in [1.165, 1.54) is 16.7 Å². The Bertz CT molecular complexity index is 657. The molecule has 2 aliphatic rings. The minimum absolute atomic E-state index is 0. The van der Waals surface area contributed by atoms with E-state index in [4.69, 9.17) is 10.5 Å². The van der Waals surface area contributed by atoms with Crippen molar-refractivity contribution in [2.24, 2.45) is 10.7 Å². The van der Waals surface area contributed by atoms with Gasteiger partial charge >= 0.3 is 0 Å². The van der Waals surface area contributed by atoms with Crippen LogP contribution in [0.2, 0.25) is 0 Å². The number of aliphatic imine (C=N–C) groups is 1. The number of amidine groups is 1. The third-order valence-corrected chi connectivity index (χ3v) is 3.97. The molecule has 2 aromatic carbocycles. The summed E-state index contributed by atoms with van der Waals surface area (Å²) in [7, 11) is 0. The molecule has 20 heavy (non-hydrogen) atoms. The molecule has 3 nitrogen and oxygen atoms in total. The van der Waals surface area contributed by atoms with Gasteiger partial charge in [-0.25, -0.2) is 4.99 Å². The van der Waals surface area contributed by atoms with Crippen molar-refractivity contribution in [1.29, 1.82) is 0 Å². The standard InChI is InChI=1S/C16H14N2O.ClH/c17-16-18-14-13(10-6-2-1-3-7-10)11-8-4-5-9-12(11)15(14)19-16;/h1-9,13-15H,(H2,17,18);1H. The lowest BCUT2D eigenvalue weighted by molar-refractivity contribution is 0.201. The molecule has 0 fully saturated rings. The number of ether oxygens (including phenoxy) is 1. The maximum atomic E-state index is 5.75. The first kappa shape index (κ1) is 13.0. The maximum Gasteiger partial charge on any atom is 0.283 e. The topological polar surface area (TPSA) is 47.6 Å². The molecule has 0 radical (unpaired) electrons. The van der Waals surface area contributed by atoms with Crippen LogP contribution in [0.5, 0.6) is 0 Å². The van der Waals surface area contributed by atoms with Gasteiger partial charge in [0.25, 0.3) is 6.02 Å². The molecule has 0 saturated heterocycles. The number of fused-ring (bicyclic) bond motifs is 3. The highest BCUT2D eigenvalue weighted by atomic mass is 35.5. The van der Waals surface area contributed by atoms with E-state index in [0.717, 1.165) is 0 Å². The lowest BCUT2D eigenvalue weighted by Crippen LogP contribution is -2.14. The number of nitrogens with zero attached hydrogens (tertiary/aromatic N) is 1. The third kappa shape index (κ3) is 1.78. The molecule has 4 rings (SSSR count). The second-order valence-electron chi connectivity index (χ2n) is 5.01. The summed E-state index contributed by atoms with van der Waals surface area (Å²) in [4.78, 5) is 4.50. The van der Waals surface area contributed by atoms with Crippen LogP contribution in [-0.4, -0.2) is 12.1 Å². The maximum absolute atomic E-state index is 5.75. The van der Waals surface area contributed by atoms with Crippen molar-refractivity contribution in [1.82, 2.24) is 0 Å². The summed E-state index contributed by atoms with van der Waals surface area (Å²) in [6.07, 6.45) is -0.0265. The summed E-state index contributed by atoms with van der Waals surface area (Å²) < 4.78 is 5.69. The highest BCUT2D eigenvalue weighted by molar-refractivity contribution is 5.85. The van der Waals surface area contributed by atoms with Gasteiger partial charge in [0.1, 0.15) is 6.04 Å². The molecular weight excluding hydrogens is 272 g/mol. The van der Waals surface area contributed by atoms with E-state index in [9.17, 15) is 0 Å². The predicted octanol–water partition coefficient (Wildman–Crippen LogP) is 3.01. The normalized spacial score (nSPS) is 26.0. The Hall–Kier alpha value is -2.00. The first-order valence-corrected chi connectivity index (χ1v) is 6.48. The van der Waals surface area contributed by atoms with Gasteiger partial charge in [0.2, 0.25) is 0 Å². The van der Waals surface area contributed by atoms with Gasteiger partial charge < -0.3 is 10.5 Å². The zero-order valence-corrected chi connectivity index (χ0v) is 11.6. The number of hydrogen-bond donors (Lipinski definition) is 1. The molecule has 102 valence electrons. The second kappa shape index (κ2) is 4.84. The van der Waals surface area contributed by atoms with Crippen LogP contribution in [0.4, 0.5) is 0 Å². The zero-order chi connectivity index (χ0) is 12.8. The van der Waals surface area contributed by atoms with Gasteiger partial charge in [-0.1, -0.05) is 54.6 Å². The zero-order valence-electron chi connectivity index (χ0n) is 10.8. The van der Waals surface area contributed by atoms with Crippen molar-refractivity contribution in [3.05, 3.63) is 71.3 Å². The summed E-state index contributed by atoms with van der Waals surface area (Å²) in [5, 5.41) is 0. The molecule has 4 heteroatoms. The van der Waals surface area contributed by atoms with E-state index in [1.54, 1.807) is 0 Å². The fourth-order valence-corrected chi connectivity index (χ4v) is 3.22. The molecule has 2 aromatic rings. The molecule has 0 spiro atoms. The molecular formula is C16H15ClN2O. The van der Waals surface area contributed by atoms with Crippen LogP contribution in [0.1, 0.15) is 28.7 Å². The van der Waals surface area contributed by atoms with E-state index in [0.29, 0.717) is 6.02 Å². The van der Waals surface area contributed by atoms with Crippen LogP contribution in [0.25, 0.3) is 0 Å². The summed E-state index contributed by atoms with van der Waals surface area (Å²) in [6, 6.07) is 19.2. The molecule has 1 heterocycles. The van der Waals surface area contributed by atoms with Crippen molar-refractivity contribution in [3.8, 4) is 0 Å². The van der Waals surface area contributed by atoms with Crippen LogP contribution in [0, 0.1) is 0 Å². The van der Waals surface area contributed by atoms with E-state index in [2.05, 4.69) is 47.5 Å². The Morgan fingerprint density at radius 1 is 0.900 bits per heavy atom. The van der Waals surface area contributed by atoms with Crippen LogP contribution in [-0.2, 0) is 4.74 Å². The minimum atomic E-state index is -0.0265. The Morgan fingerprint density at radius 3 is 2.30 bits per heavy atom. The summed E-state index contributed by atoms with van der Waals surface area (Å²) in [5.41, 5.74) is 9.54. The minimum Gasteiger partial charge on any atom is -0.455 e. The van der Waals surface area contributed by atoms with Crippen molar-refractivity contribution in [3.63, 3.8) is 0 Å².